The summed E-state index contributed by atoms with van der Waals surface area (Å²) in [6, 6.07) is 12.5. The molecule has 0 aliphatic rings. The highest BCUT2D eigenvalue weighted by molar-refractivity contribution is 7.98. The molecule has 2 nitrogen and oxygen atoms in total. The van der Waals surface area contributed by atoms with Gasteiger partial charge in [-0.3, -0.25) is 5.41 Å². The number of nitrogens with one attached hydrogen (secondary N) is 1. The minimum absolute atomic E-state index is 0.136. The Morgan fingerprint density at radius 1 is 1.10 bits per heavy atom. The van der Waals surface area contributed by atoms with Crippen molar-refractivity contribution in [1.29, 1.82) is 5.41 Å². The Bertz CT molecular complexity index is 627. The molecule has 3 N–H and O–H groups in total. The van der Waals surface area contributed by atoms with E-state index in [1.165, 1.54) is 22.3 Å². The summed E-state index contributed by atoms with van der Waals surface area (Å²) >= 11 is 1.75. The van der Waals surface area contributed by atoms with Crippen LogP contribution in [0.25, 0.3) is 0 Å². The first-order valence-electron chi connectivity index (χ1n) is 6.61. The molecule has 0 unspecified atom stereocenters. The Morgan fingerprint density at radius 3 is 2.35 bits per heavy atom. The van der Waals surface area contributed by atoms with Crippen LogP contribution < -0.4 is 5.73 Å². The van der Waals surface area contributed by atoms with Crippen molar-refractivity contribution in [3.63, 3.8) is 0 Å². The molecule has 0 aromatic heterocycles. The summed E-state index contributed by atoms with van der Waals surface area (Å²) in [5.74, 6) is 1.03. The molecule has 0 fully saturated rings. The Kier molecular flexibility index (Phi) is 4.50. The van der Waals surface area contributed by atoms with Gasteiger partial charge in [0.2, 0.25) is 0 Å². The molecular weight excluding hydrogens is 264 g/mol. The lowest BCUT2D eigenvalue weighted by molar-refractivity contribution is 1.24. The van der Waals surface area contributed by atoms with E-state index in [2.05, 4.69) is 45.0 Å². The van der Waals surface area contributed by atoms with Crippen LogP contribution in [0.5, 0.6) is 0 Å². The molecule has 3 heteroatoms. The zero-order chi connectivity index (χ0) is 14.7. The third-order valence-corrected chi connectivity index (χ3v) is 4.47. The molecule has 0 heterocycles. The molecule has 104 valence electrons. The van der Waals surface area contributed by atoms with Crippen molar-refractivity contribution in [2.75, 3.05) is 0 Å². The highest BCUT2D eigenvalue weighted by Gasteiger charge is 2.09. The average molecular weight is 284 g/mol. The summed E-state index contributed by atoms with van der Waals surface area (Å²) in [5.41, 5.74) is 11.6. The van der Waals surface area contributed by atoms with Crippen LogP contribution in [0.2, 0.25) is 0 Å². The molecule has 2 aromatic rings. The van der Waals surface area contributed by atoms with Gasteiger partial charge in [0.15, 0.2) is 0 Å². The van der Waals surface area contributed by atoms with E-state index in [0.717, 1.165) is 16.2 Å². The first kappa shape index (κ1) is 14.7. The molecule has 0 spiro atoms. The summed E-state index contributed by atoms with van der Waals surface area (Å²) in [6.07, 6.45) is 0. The molecule has 0 aliphatic heterocycles. The Morgan fingerprint density at radius 2 is 1.75 bits per heavy atom. The van der Waals surface area contributed by atoms with Gasteiger partial charge in [0, 0.05) is 16.2 Å². The molecule has 0 saturated carbocycles. The van der Waals surface area contributed by atoms with E-state index in [4.69, 9.17) is 11.1 Å². The van der Waals surface area contributed by atoms with E-state index < -0.39 is 0 Å². The normalized spacial score (nSPS) is 10.6. The monoisotopic (exact) mass is 284 g/mol. The second-order valence-electron chi connectivity index (χ2n) is 5.15. The zero-order valence-corrected chi connectivity index (χ0v) is 13.0. The Balaban J connectivity index is 2.25. The first-order valence-corrected chi connectivity index (χ1v) is 7.60. The number of rotatable bonds is 4. The number of nitrogens with two attached hydrogens (primary N) is 1. The van der Waals surface area contributed by atoms with Crippen LogP contribution in [0.1, 0.15) is 27.8 Å². The fourth-order valence-corrected chi connectivity index (χ4v) is 3.47. The average Bonchev–Trinajstić information content (AvgIpc) is 2.35. The van der Waals surface area contributed by atoms with Crippen LogP contribution in [-0.2, 0) is 5.75 Å². The van der Waals surface area contributed by atoms with Gasteiger partial charge in [-0.1, -0.05) is 47.5 Å². The zero-order valence-electron chi connectivity index (χ0n) is 12.2. The molecular formula is C17H20N2S. The van der Waals surface area contributed by atoms with Crippen molar-refractivity contribution < 1.29 is 0 Å². The van der Waals surface area contributed by atoms with Crippen molar-refractivity contribution >= 4 is 17.6 Å². The van der Waals surface area contributed by atoms with Crippen molar-refractivity contribution in [3.05, 3.63) is 64.2 Å². The van der Waals surface area contributed by atoms with Gasteiger partial charge in [0.25, 0.3) is 0 Å². The third-order valence-electron chi connectivity index (χ3n) is 3.17. The number of nitrogen functional groups attached to an aromatic ring is 1. The highest BCUT2D eigenvalue weighted by atomic mass is 32.2. The van der Waals surface area contributed by atoms with Crippen molar-refractivity contribution in [1.82, 2.24) is 0 Å². The van der Waals surface area contributed by atoms with Crippen LogP contribution >= 0.6 is 11.8 Å². The van der Waals surface area contributed by atoms with Gasteiger partial charge in [-0.2, -0.15) is 0 Å². The summed E-state index contributed by atoms with van der Waals surface area (Å²) in [7, 11) is 0. The smallest absolute Gasteiger partial charge is 0.123 e. The second kappa shape index (κ2) is 6.14. The van der Waals surface area contributed by atoms with Gasteiger partial charge in [-0.15, -0.1) is 11.8 Å². The number of hydrogen-bond acceptors (Lipinski definition) is 2. The SMILES string of the molecule is Cc1cc(C)cc(CSc2c(C)cccc2C(=N)N)c1. The number of benzene rings is 2. The summed E-state index contributed by atoms with van der Waals surface area (Å²) in [4.78, 5) is 1.11. The van der Waals surface area contributed by atoms with E-state index in [-0.39, 0.29) is 5.84 Å². The van der Waals surface area contributed by atoms with Crippen molar-refractivity contribution in [2.45, 2.75) is 31.4 Å². The van der Waals surface area contributed by atoms with Crippen LogP contribution in [-0.4, -0.2) is 5.84 Å². The van der Waals surface area contributed by atoms with E-state index in [1.54, 1.807) is 11.8 Å². The van der Waals surface area contributed by atoms with Gasteiger partial charge in [0.05, 0.1) is 0 Å². The molecule has 2 rings (SSSR count). The van der Waals surface area contributed by atoms with Crippen LogP contribution in [0.3, 0.4) is 0 Å². The number of thioether (sulfide) groups is 1. The molecule has 0 bridgehead atoms. The molecule has 0 aliphatic carbocycles. The van der Waals surface area contributed by atoms with Gasteiger partial charge < -0.3 is 5.73 Å². The largest absolute Gasteiger partial charge is 0.384 e. The fraction of sp³-hybridized carbons (Fsp3) is 0.235. The number of amidine groups is 1. The van der Waals surface area contributed by atoms with Crippen LogP contribution in [0.15, 0.2) is 41.3 Å². The third kappa shape index (κ3) is 3.42. The first-order chi connectivity index (χ1) is 9.47. The van der Waals surface area contributed by atoms with Gasteiger partial charge in [-0.05, 0) is 31.9 Å². The Hall–Kier alpha value is -1.74. The number of aryl methyl sites for hydroxylation is 3. The van der Waals surface area contributed by atoms with E-state index in [9.17, 15) is 0 Å². The predicted molar refractivity (Wildman–Crippen MR) is 87.7 cm³/mol. The number of hydrogen-bond donors (Lipinski definition) is 2. The molecule has 0 saturated heterocycles. The molecule has 20 heavy (non-hydrogen) atoms. The maximum atomic E-state index is 7.69. The van der Waals surface area contributed by atoms with Gasteiger partial charge in [0.1, 0.15) is 5.84 Å². The maximum Gasteiger partial charge on any atom is 0.123 e. The predicted octanol–water partition coefficient (Wildman–Crippen LogP) is 4.19. The second-order valence-corrected chi connectivity index (χ2v) is 6.14. The highest BCUT2D eigenvalue weighted by Crippen LogP contribution is 2.29. The van der Waals surface area contributed by atoms with Crippen molar-refractivity contribution in [2.24, 2.45) is 5.73 Å². The summed E-state index contributed by atoms with van der Waals surface area (Å²) in [5, 5.41) is 7.69. The molecule has 0 radical (unpaired) electrons. The Labute approximate surface area is 124 Å². The van der Waals surface area contributed by atoms with E-state index in [1.807, 2.05) is 12.1 Å². The quantitative estimate of drug-likeness (QED) is 0.502. The topological polar surface area (TPSA) is 49.9 Å². The lowest BCUT2D eigenvalue weighted by Crippen LogP contribution is -2.12. The summed E-state index contributed by atoms with van der Waals surface area (Å²) in [6.45, 7) is 6.31. The minimum Gasteiger partial charge on any atom is -0.384 e. The minimum atomic E-state index is 0.136. The van der Waals surface area contributed by atoms with Crippen LogP contribution in [0, 0.1) is 26.2 Å². The summed E-state index contributed by atoms with van der Waals surface area (Å²) < 4.78 is 0. The van der Waals surface area contributed by atoms with Crippen molar-refractivity contribution in [3.8, 4) is 0 Å². The standard InChI is InChI=1S/C17H20N2S/c1-11-7-12(2)9-14(8-11)10-20-16-13(3)5-4-6-15(16)17(18)19/h4-9H,10H2,1-3H3,(H3,18,19). The molecule has 0 atom stereocenters. The van der Waals surface area contributed by atoms with E-state index >= 15 is 0 Å². The molecule has 2 aromatic carbocycles. The lowest BCUT2D eigenvalue weighted by atomic mass is 10.1. The van der Waals surface area contributed by atoms with Gasteiger partial charge >= 0.3 is 0 Å². The molecule has 0 amide bonds. The maximum absolute atomic E-state index is 7.69. The lowest BCUT2D eigenvalue weighted by Gasteiger charge is -2.11. The van der Waals surface area contributed by atoms with Crippen LogP contribution in [0.4, 0.5) is 0 Å². The van der Waals surface area contributed by atoms with E-state index in [0.29, 0.717) is 0 Å². The fourth-order valence-electron chi connectivity index (χ4n) is 2.36. The van der Waals surface area contributed by atoms with Gasteiger partial charge in [-0.25, -0.2) is 0 Å².